The highest BCUT2D eigenvalue weighted by Crippen LogP contribution is 2.30. The summed E-state index contributed by atoms with van der Waals surface area (Å²) >= 11 is 11.6. The Labute approximate surface area is 161 Å². The van der Waals surface area contributed by atoms with Crippen LogP contribution in [-0.2, 0) is 7.05 Å². The number of fused-ring (bicyclic) bond motifs is 1. The number of aryl methyl sites for hydroxylation is 1. The van der Waals surface area contributed by atoms with Crippen LogP contribution in [-0.4, -0.2) is 28.8 Å². The highest BCUT2D eigenvalue weighted by atomic mass is 35.5. The van der Waals surface area contributed by atoms with Gasteiger partial charge in [0.1, 0.15) is 22.1 Å². The lowest BCUT2D eigenvalue weighted by Crippen LogP contribution is -2.33. The number of aromatic hydroxyl groups is 1. The van der Waals surface area contributed by atoms with Gasteiger partial charge in [0.25, 0.3) is 5.56 Å². The van der Waals surface area contributed by atoms with Gasteiger partial charge in [-0.25, -0.2) is 0 Å². The molecule has 26 heavy (non-hydrogen) atoms. The fraction of sp³-hybridized carbons (Fsp3) is 0.158. The Hall–Kier alpha value is -2.57. The second-order valence-electron chi connectivity index (χ2n) is 5.81. The van der Waals surface area contributed by atoms with Gasteiger partial charge in [-0.1, -0.05) is 29.9 Å². The summed E-state index contributed by atoms with van der Waals surface area (Å²) in [5.74, 6) is 0.491. The predicted molar refractivity (Wildman–Crippen MR) is 109 cm³/mol. The molecule has 0 aliphatic carbocycles. The number of methoxy groups -OCH3 is 1. The van der Waals surface area contributed by atoms with Crippen molar-refractivity contribution in [2.24, 2.45) is 7.05 Å². The second kappa shape index (κ2) is 6.97. The molecule has 0 atom stereocenters. The third kappa shape index (κ3) is 3.02. The summed E-state index contributed by atoms with van der Waals surface area (Å²) in [6.45, 7) is 0. The fourth-order valence-corrected chi connectivity index (χ4v) is 3.26. The smallest absolute Gasteiger partial charge is 0.264 e. The zero-order chi connectivity index (χ0) is 19.0. The maximum absolute atomic E-state index is 12.8. The van der Waals surface area contributed by atoms with E-state index in [-0.39, 0.29) is 21.9 Å². The molecule has 0 unspecified atom stereocenters. The summed E-state index contributed by atoms with van der Waals surface area (Å²) < 4.78 is 6.68. The largest absolute Gasteiger partial charge is 0.506 e. The average Bonchev–Trinajstić information content (AvgIpc) is 2.65. The molecule has 0 spiro atoms. The van der Waals surface area contributed by atoms with Crippen LogP contribution in [0.4, 0.5) is 5.69 Å². The van der Waals surface area contributed by atoms with Crippen LogP contribution in [0.15, 0.2) is 47.3 Å². The highest BCUT2D eigenvalue weighted by Gasteiger charge is 2.22. The van der Waals surface area contributed by atoms with E-state index < -0.39 is 0 Å². The molecule has 0 amide bonds. The number of hydrogen-bond acceptors (Lipinski definition) is 4. The van der Waals surface area contributed by atoms with Gasteiger partial charge in [0.05, 0.1) is 12.6 Å². The van der Waals surface area contributed by atoms with E-state index in [0.29, 0.717) is 21.7 Å². The van der Waals surface area contributed by atoms with Gasteiger partial charge < -0.3 is 19.3 Å². The van der Waals surface area contributed by atoms with Crippen molar-refractivity contribution in [1.29, 1.82) is 0 Å². The molecular formula is C19H17ClN2O3S. The number of aromatic nitrogens is 1. The fourth-order valence-electron chi connectivity index (χ4n) is 2.80. The minimum absolute atomic E-state index is 0.0580. The van der Waals surface area contributed by atoms with Crippen LogP contribution >= 0.6 is 23.8 Å². The molecular weight excluding hydrogens is 372 g/mol. The number of nitrogens with zero attached hydrogens (tertiary/aromatic N) is 2. The normalized spacial score (nSPS) is 10.8. The van der Waals surface area contributed by atoms with Gasteiger partial charge in [0, 0.05) is 36.3 Å². The zero-order valence-corrected chi connectivity index (χ0v) is 16.1. The second-order valence-corrected chi connectivity index (χ2v) is 6.64. The van der Waals surface area contributed by atoms with Crippen LogP contribution in [0.2, 0.25) is 5.02 Å². The lowest BCUT2D eigenvalue weighted by molar-refractivity contribution is 0.415. The summed E-state index contributed by atoms with van der Waals surface area (Å²) in [5, 5.41) is 11.7. The predicted octanol–water partition coefficient (Wildman–Crippen LogP) is 3.72. The SMILES string of the molecule is COc1cccc(N(C)C(=S)c2c(O)c3cc(Cl)ccc3n(C)c2=O)c1. The van der Waals surface area contributed by atoms with Crippen LogP contribution in [0, 0.1) is 0 Å². The third-order valence-electron chi connectivity index (χ3n) is 4.29. The number of pyridine rings is 1. The van der Waals surface area contributed by atoms with Crippen molar-refractivity contribution in [2.45, 2.75) is 0 Å². The molecule has 7 heteroatoms. The van der Waals surface area contributed by atoms with Crippen molar-refractivity contribution in [3.63, 3.8) is 0 Å². The lowest BCUT2D eigenvalue weighted by atomic mass is 10.1. The van der Waals surface area contributed by atoms with Gasteiger partial charge in [-0.05, 0) is 30.3 Å². The number of benzene rings is 2. The maximum atomic E-state index is 12.8. The Morgan fingerprint density at radius 2 is 2.00 bits per heavy atom. The molecule has 1 heterocycles. The number of thiocarbonyl (C=S) groups is 1. The summed E-state index contributed by atoms with van der Waals surface area (Å²) in [7, 11) is 4.94. The standard InChI is InChI=1S/C19H17ClN2O3S/c1-21(12-5-4-6-13(10-12)25-3)19(26)16-17(23)14-9-11(20)7-8-15(14)22(2)18(16)24/h4-10,23H,1-3H3. The van der Waals surface area contributed by atoms with Gasteiger partial charge in [-0.3, -0.25) is 4.79 Å². The first-order valence-corrected chi connectivity index (χ1v) is 8.57. The van der Waals surface area contributed by atoms with Crippen molar-refractivity contribution in [2.75, 3.05) is 19.1 Å². The number of halogens is 1. The van der Waals surface area contributed by atoms with Crippen molar-refractivity contribution in [1.82, 2.24) is 4.57 Å². The van der Waals surface area contributed by atoms with Gasteiger partial charge in [0.2, 0.25) is 0 Å². The molecule has 0 saturated heterocycles. The van der Waals surface area contributed by atoms with Crippen LogP contribution in [0.3, 0.4) is 0 Å². The van der Waals surface area contributed by atoms with E-state index >= 15 is 0 Å². The van der Waals surface area contributed by atoms with Crippen LogP contribution in [0.1, 0.15) is 5.56 Å². The summed E-state index contributed by atoms with van der Waals surface area (Å²) in [4.78, 5) is 14.7. The number of hydrogen-bond donors (Lipinski definition) is 1. The van der Waals surface area contributed by atoms with E-state index in [0.717, 1.165) is 5.69 Å². The Morgan fingerprint density at radius 1 is 1.27 bits per heavy atom. The lowest BCUT2D eigenvalue weighted by Gasteiger charge is -2.22. The molecule has 5 nitrogen and oxygen atoms in total. The molecule has 3 rings (SSSR count). The third-order valence-corrected chi connectivity index (χ3v) is 5.00. The number of ether oxygens (including phenoxy) is 1. The molecule has 0 aliphatic heterocycles. The van der Waals surface area contributed by atoms with Crippen LogP contribution in [0.25, 0.3) is 10.9 Å². The Balaban J connectivity index is 2.17. The molecule has 3 aromatic rings. The van der Waals surface area contributed by atoms with Gasteiger partial charge in [-0.15, -0.1) is 0 Å². The Kier molecular flexibility index (Phi) is 4.89. The van der Waals surface area contributed by atoms with E-state index in [9.17, 15) is 9.90 Å². The van der Waals surface area contributed by atoms with Crippen molar-refractivity contribution >= 4 is 45.4 Å². The van der Waals surface area contributed by atoms with Crippen molar-refractivity contribution < 1.29 is 9.84 Å². The van der Waals surface area contributed by atoms with Crippen LogP contribution < -0.4 is 15.2 Å². The van der Waals surface area contributed by atoms with Gasteiger partial charge in [0.15, 0.2) is 0 Å². The molecule has 0 radical (unpaired) electrons. The Bertz CT molecular complexity index is 1080. The molecule has 0 bridgehead atoms. The summed E-state index contributed by atoms with van der Waals surface area (Å²) in [6, 6.07) is 12.3. The van der Waals surface area contributed by atoms with Gasteiger partial charge >= 0.3 is 0 Å². The Morgan fingerprint density at radius 3 is 2.69 bits per heavy atom. The topological polar surface area (TPSA) is 54.7 Å². The molecule has 0 aliphatic rings. The van der Waals surface area contributed by atoms with Gasteiger partial charge in [-0.2, -0.15) is 0 Å². The minimum Gasteiger partial charge on any atom is -0.506 e. The maximum Gasteiger partial charge on any atom is 0.264 e. The summed E-state index contributed by atoms with van der Waals surface area (Å²) in [6.07, 6.45) is 0. The molecule has 1 N–H and O–H groups in total. The minimum atomic E-state index is -0.378. The monoisotopic (exact) mass is 388 g/mol. The van der Waals surface area contributed by atoms with E-state index in [1.807, 2.05) is 18.2 Å². The first kappa shape index (κ1) is 18.2. The first-order chi connectivity index (χ1) is 12.3. The summed E-state index contributed by atoms with van der Waals surface area (Å²) in [5.41, 5.74) is 0.995. The number of rotatable bonds is 3. The number of anilines is 1. The van der Waals surface area contributed by atoms with E-state index in [2.05, 4.69) is 0 Å². The highest BCUT2D eigenvalue weighted by molar-refractivity contribution is 7.81. The molecule has 0 saturated carbocycles. The van der Waals surface area contributed by atoms with E-state index in [1.165, 1.54) is 4.57 Å². The first-order valence-electron chi connectivity index (χ1n) is 7.78. The van der Waals surface area contributed by atoms with E-state index in [4.69, 9.17) is 28.6 Å². The van der Waals surface area contributed by atoms with Crippen molar-refractivity contribution in [3.05, 3.63) is 63.4 Å². The average molecular weight is 389 g/mol. The zero-order valence-electron chi connectivity index (χ0n) is 14.5. The van der Waals surface area contributed by atoms with Crippen molar-refractivity contribution in [3.8, 4) is 11.5 Å². The molecule has 1 aromatic heterocycles. The van der Waals surface area contributed by atoms with Crippen LogP contribution in [0.5, 0.6) is 11.5 Å². The molecule has 0 fully saturated rings. The van der Waals surface area contributed by atoms with E-state index in [1.54, 1.807) is 50.4 Å². The molecule has 2 aromatic carbocycles. The molecule has 134 valence electrons. The quantitative estimate of drug-likeness (QED) is 0.693.